The van der Waals surface area contributed by atoms with E-state index in [1.54, 1.807) is 6.92 Å². The molecule has 0 aromatic heterocycles. The van der Waals surface area contributed by atoms with Crippen LogP contribution in [-0.2, 0) is 19.1 Å². The van der Waals surface area contributed by atoms with Crippen LogP contribution in [-0.4, -0.2) is 41.3 Å². The fourth-order valence-corrected chi connectivity index (χ4v) is 0.417. The van der Waals surface area contributed by atoms with Gasteiger partial charge in [-0.1, -0.05) is 6.58 Å². The zero-order valence-electron chi connectivity index (χ0n) is 9.38. The molecule has 0 saturated carbocycles. The lowest BCUT2D eigenvalue weighted by atomic mass is 10.4. The fraction of sp³-hybridized carbons (Fsp3) is 0.300. The summed E-state index contributed by atoms with van der Waals surface area (Å²) in [7, 11) is 0. The average Bonchev–Trinajstić information content (AvgIpc) is 2.23. The van der Waals surface area contributed by atoms with Gasteiger partial charge in [-0.3, -0.25) is 0 Å². The highest BCUT2D eigenvalue weighted by Gasteiger charge is 1.99. The lowest BCUT2D eigenvalue weighted by Crippen LogP contribution is -2.13. The van der Waals surface area contributed by atoms with Crippen LogP contribution >= 0.6 is 0 Å². The lowest BCUT2D eigenvalue weighted by Gasteiger charge is -1.99. The zero-order chi connectivity index (χ0) is 13.8. The third kappa shape index (κ3) is 16.5. The molecule has 4 N–H and O–H groups in total. The Morgan fingerprint density at radius 1 is 1.24 bits per heavy atom. The molecule has 7 heteroatoms. The number of ether oxygens (including phenoxy) is 1. The van der Waals surface area contributed by atoms with Crippen LogP contribution in [0.4, 0.5) is 0 Å². The van der Waals surface area contributed by atoms with Gasteiger partial charge in [-0.15, -0.1) is 0 Å². The van der Waals surface area contributed by atoms with E-state index in [4.69, 9.17) is 15.9 Å². The maximum Gasteiger partial charge on any atom is 0.333 e. The van der Waals surface area contributed by atoms with Crippen molar-refractivity contribution < 1.29 is 29.3 Å². The summed E-state index contributed by atoms with van der Waals surface area (Å²) in [6.45, 7) is 5.62. The van der Waals surface area contributed by atoms with Crippen molar-refractivity contribution in [2.75, 3.05) is 13.2 Å². The highest BCUT2D eigenvalue weighted by Crippen LogP contribution is 1.89. The monoisotopic (exact) mass is 245 g/mol. The number of carbonyl (C=O) groups is 3. The molecule has 17 heavy (non-hydrogen) atoms. The van der Waals surface area contributed by atoms with E-state index < -0.39 is 11.9 Å². The molecule has 0 radical (unpaired) electrons. The molecular formula is C10H15NO6. The second kappa shape index (κ2) is 10.4. The van der Waals surface area contributed by atoms with Crippen molar-refractivity contribution in [2.24, 2.45) is 5.73 Å². The van der Waals surface area contributed by atoms with Crippen molar-refractivity contribution in [3.63, 3.8) is 0 Å². The van der Waals surface area contributed by atoms with Crippen molar-refractivity contribution >= 4 is 17.9 Å². The predicted molar refractivity (Wildman–Crippen MR) is 59.2 cm³/mol. The minimum Gasteiger partial charge on any atom is -0.478 e. The van der Waals surface area contributed by atoms with E-state index in [-0.39, 0.29) is 12.6 Å². The smallest absolute Gasteiger partial charge is 0.333 e. The molecule has 0 atom stereocenters. The first-order valence-corrected chi connectivity index (χ1v) is 4.47. The number of carboxylic acids is 2. The summed E-state index contributed by atoms with van der Waals surface area (Å²) in [4.78, 5) is 29.6. The van der Waals surface area contributed by atoms with Crippen LogP contribution in [0.3, 0.4) is 0 Å². The van der Waals surface area contributed by atoms with Crippen molar-refractivity contribution in [1.82, 2.24) is 0 Å². The maximum absolute atomic E-state index is 10.5. The second-order valence-electron chi connectivity index (χ2n) is 2.71. The number of carbonyl (C=O) groups excluding carboxylic acids is 1. The molecule has 0 rings (SSSR count). The third-order valence-electron chi connectivity index (χ3n) is 1.07. The van der Waals surface area contributed by atoms with Gasteiger partial charge in [0.15, 0.2) is 0 Å². The summed E-state index contributed by atoms with van der Waals surface area (Å²) in [5, 5.41) is 15.6. The Hall–Kier alpha value is -2.15. The number of hydrogen-bond donors (Lipinski definition) is 3. The molecule has 0 aliphatic heterocycles. The normalized spacial score (nSPS) is 9.06. The molecule has 7 nitrogen and oxygen atoms in total. The van der Waals surface area contributed by atoms with Gasteiger partial charge in [-0.2, -0.15) is 0 Å². The number of nitrogens with two attached hydrogens (primary N) is 1. The Morgan fingerprint density at radius 2 is 1.65 bits per heavy atom. The van der Waals surface area contributed by atoms with E-state index in [9.17, 15) is 14.4 Å². The van der Waals surface area contributed by atoms with Gasteiger partial charge < -0.3 is 20.7 Å². The molecule has 0 spiro atoms. The number of rotatable bonds is 5. The van der Waals surface area contributed by atoms with Crippen molar-refractivity contribution in [1.29, 1.82) is 0 Å². The minimum atomic E-state index is -1.26. The molecular weight excluding hydrogens is 230 g/mol. The minimum absolute atomic E-state index is 0.270. The summed E-state index contributed by atoms with van der Waals surface area (Å²) >= 11 is 0. The molecule has 0 saturated heterocycles. The molecule has 0 aliphatic carbocycles. The quantitative estimate of drug-likeness (QED) is 0.451. The van der Waals surface area contributed by atoms with Gasteiger partial charge in [0, 0.05) is 24.3 Å². The van der Waals surface area contributed by atoms with Crippen molar-refractivity contribution in [3.05, 3.63) is 24.3 Å². The molecule has 96 valence electrons. The largest absolute Gasteiger partial charge is 0.478 e. The second-order valence-corrected chi connectivity index (χ2v) is 2.71. The predicted octanol–water partition coefficient (Wildman–Crippen LogP) is -0.224. The Bertz CT molecular complexity index is 305. The van der Waals surface area contributed by atoms with Crippen LogP contribution in [0.2, 0.25) is 0 Å². The Labute approximate surface area is 98.2 Å². The molecule has 0 fully saturated rings. The summed E-state index contributed by atoms with van der Waals surface area (Å²) in [6.07, 6.45) is 1.12. The molecule has 0 aromatic rings. The van der Waals surface area contributed by atoms with Gasteiger partial charge >= 0.3 is 17.9 Å². The topological polar surface area (TPSA) is 127 Å². The first-order chi connectivity index (χ1) is 7.81. The number of esters is 1. The lowest BCUT2D eigenvalue weighted by molar-refractivity contribution is -0.138. The van der Waals surface area contributed by atoms with E-state index in [0.29, 0.717) is 24.3 Å². The molecule has 0 heterocycles. The van der Waals surface area contributed by atoms with Gasteiger partial charge in [0.1, 0.15) is 6.61 Å². The van der Waals surface area contributed by atoms with Crippen molar-refractivity contribution in [3.8, 4) is 0 Å². The third-order valence-corrected chi connectivity index (χ3v) is 1.07. The van der Waals surface area contributed by atoms with E-state index in [0.717, 1.165) is 0 Å². The van der Waals surface area contributed by atoms with Crippen LogP contribution in [0.15, 0.2) is 24.3 Å². The summed E-state index contributed by atoms with van der Waals surface area (Å²) in [6, 6.07) is 0. The maximum atomic E-state index is 10.5. The standard InChI is InChI=1S/C6H11NO2.C4H4O4/c1-5(2)6(8)9-4-3-7;5-3(6)1-2-4(7)8/h1,3-4,7H2,2H3;1-2H,(H,5,6)(H,7,8). The number of carboxylic acid groups (broad SMARTS) is 2. The number of aliphatic carboxylic acids is 2. The van der Waals surface area contributed by atoms with E-state index in [2.05, 4.69) is 11.3 Å². The Balaban J connectivity index is 0. The molecule has 0 bridgehead atoms. The Kier molecular flexibility index (Phi) is 10.5. The summed E-state index contributed by atoms with van der Waals surface area (Å²) in [5.74, 6) is -2.89. The SMILES string of the molecule is C=C(C)C(=O)OCCN.O=C(O)C=CC(=O)O. The van der Waals surface area contributed by atoms with Crippen LogP contribution in [0.5, 0.6) is 0 Å². The van der Waals surface area contributed by atoms with Gasteiger partial charge in [0.25, 0.3) is 0 Å². The van der Waals surface area contributed by atoms with Gasteiger partial charge in [0.2, 0.25) is 0 Å². The molecule has 0 aliphatic rings. The summed E-state index contributed by atoms with van der Waals surface area (Å²) < 4.78 is 4.59. The van der Waals surface area contributed by atoms with Gasteiger partial charge in [-0.05, 0) is 6.92 Å². The average molecular weight is 245 g/mol. The van der Waals surface area contributed by atoms with Crippen LogP contribution in [0.1, 0.15) is 6.92 Å². The molecule has 0 aromatic carbocycles. The van der Waals surface area contributed by atoms with E-state index >= 15 is 0 Å². The van der Waals surface area contributed by atoms with Crippen LogP contribution < -0.4 is 5.73 Å². The first kappa shape index (κ1) is 17.3. The van der Waals surface area contributed by atoms with Crippen LogP contribution in [0, 0.1) is 0 Å². The molecule has 0 unspecified atom stereocenters. The van der Waals surface area contributed by atoms with Crippen LogP contribution in [0.25, 0.3) is 0 Å². The van der Waals surface area contributed by atoms with Gasteiger partial charge in [0.05, 0.1) is 0 Å². The van der Waals surface area contributed by atoms with Crippen molar-refractivity contribution in [2.45, 2.75) is 6.92 Å². The first-order valence-electron chi connectivity index (χ1n) is 4.47. The van der Waals surface area contributed by atoms with Gasteiger partial charge in [-0.25, -0.2) is 14.4 Å². The molecule has 0 amide bonds. The van der Waals surface area contributed by atoms with E-state index in [1.165, 1.54) is 0 Å². The summed E-state index contributed by atoms with van der Waals surface area (Å²) in [5.41, 5.74) is 5.48. The Morgan fingerprint density at radius 3 is 1.88 bits per heavy atom. The van der Waals surface area contributed by atoms with E-state index in [1.807, 2.05) is 0 Å². The highest BCUT2D eigenvalue weighted by molar-refractivity contribution is 5.89. The fourth-order valence-electron chi connectivity index (χ4n) is 0.417. The zero-order valence-corrected chi connectivity index (χ0v) is 9.38. The number of hydrogen-bond acceptors (Lipinski definition) is 5. The highest BCUT2D eigenvalue weighted by atomic mass is 16.5.